The van der Waals surface area contributed by atoms with Crippen LogP contribution in [0.3, 0.4) is 0 Å². The number of amides is 2. The van der Waals surface area contributed by atoms with Gasteiger partial charge >= 0.3 is 12.0 Å². The number of methoxy groups -OCH3 is 1. The van der Waals surface area contributed by atoms with E-state index in [1.165, 1.54) is 29.9 Å². The maximum atomic E-state index is 12.4. The lowest BCUT2D eigenvalue weighted by Gasteiger charge is -2.22. The Bertz CT molecular complexity index is 981. The van der Waals surface area contributed by atoms with Crippen molar-refractivity contribution in [2.45, 2.75) is 54.0 Å². The highest BCUT2D eigenvalue weighted by molar-refractivity contribution is 5.75. The summed E-state index contributed by atoms with van der Waals surface area (Å²) in [4.78, 5) is 24.6. The van der Waals surface area contributed by atoms with Crippen molar-refractivity contribution in [2.24, 2.45) is 11.3 Å². The smallest absolute Gasteiger partial charge is 0.315 e. The Labute approximate surface area is 202 Å². The Morgan fingerprint density at radius 3 is 2.35 bits per heavy atom. The Morgan fingerprint density at radius 1 is 1.00 bits per heavy atom. The van der Waals surface area contributed by atoms with Gasteiger partial charge in [0.15, 0.2) is 11.5 Å². The number of phenolic OH excluding ortho intramolecular Hbond substituents is 1. The predicted molar refractivity (Wildman–Crippen MR) is 133 cm³/mol. The molecule has 0 bridgehead atoms. The molecule has 0 saturated heterocycles. The normalized spacial score (nSPS) is 12.1. The van der Waals surface area contributed by atoms with Gasteiger partial charge in [-0.05, 0) is 81.8 Å². The van der Waals surface area contributed by atoms with Crippen molar-refractivity contribution in [3.05, 3.63) is 58.7 Å². The van der Waals surface area contributed by atoms with Crippen molar-refractivity contribution < 1.29 is 24.2 Å². The van der Waals surface area contributed by atoms with Gasteiger partial charge in [0.25, 0.3) is 0 Å². The number of ether oxygens (including phenoxy) is 2. The third-order valence-electron chi connectivity index (χ3n) is 5.72. The van der Waals surface area contributed by atoms with Crippen LogP contribution < -0.4 is 15.4 Å². The van der Waals surface area contributed by atoms with Crippen molar-refractivity contribution in [3.8, 4) is 11.5 Å². The monoisotopic (exact) mass is 470 g/mol. The summed E-state index contributed by atoms with van der Waals surface area (Å²) in [7, 11) is 1.48. The number of aromatic hydroxyl groups is 1. The average molecular weight is 471 g/mol. The van der Waals surface area contributed by atoms with Gasteiger partial charge in [-0.2, -0.15) is 0 Å². The van der Waals surface area contributed by atoms with Crippen LogP contribution in [-0.4, -0.2) is 37.4 Å². The van der Waals surface area contributed by atoms with Gasteiger partial charge in [0.05, 0.1) is 19.1 Å². The van der Waals surface area contributed by atoms with E-state index in [4.69, 9.17) is 9.47 Å². The van der Waals surface area contributed by atoms with Crippen molar-refractivity contribution in [3.63, 3.8) is 0 Å². The molecular formula is C27H38N2O5. The largest absolute Gasteiger partial charge is 0.504 e. The Balaban J connectivity index is 1.92. The molecule has 7 heteroatoms. The molecule has 2 aromatic rings. The third kappa shape index (κ3) is 8.61. The van der Waals surface area contributed by atoms with E-state index >= 15 is 0 Å². The van der Waals surface area contributed by atoms with Gasteiger partial charge in [0.1, 0.15) is 0 Å². The SMILES string of the molecule is COc1cc(CNC(=O)NCC(CCc2ccc(C)c(C)c2)COC(=O)C(C)(C)C)ccc1O. The summed E-state index contributed by atoms with van der Waals surface area (Å²) in [6.07, 6.45) is 1.60. The molecule has 0 fully saturated rings. The number of phenols is 1. The number of carbonyl (C=O) groups is 2. The molecule has 2 rings (SSSR count). The first-order chi connectivity index (χ1) is 16.0. The minimum absolute atomic E-state index is 0.0209. The molecule has 0 radical (unpaired) electrons. The maximum absolute atomic E-state index is 12.4. The number of rotatable bonds is 10. The van der Waals surface area contributed by atoms with Gasteiger partial charge in [0.2, 0.25) is 0 Å². The number of nitrogens with one attached hydrogen (secondary N) is 2. The molecule has 0 aliphatic heterocycles. The summed E-state index contributed by atoms with van der Waals surface area (Å²) < 4.78 is 10.6. The Morgan fingerprint density at radius 2 is 1.71 bits per heavy atom. The molecule has 2 amide bonds. The van der Waals surface area contributed by atoms with Gasteiger partial charge < -0.3 is 25.2 Å². The lowest BCUT2D eigenvalue weighted by Crippen LogP contribution is -2.39. The molecule has 7 nitrogen and oxygen atoms in total. The second kappa shape index (κ2) is 12.3. The first-order valence-corrected chi connectivity index (χ1v) is 11.6. The number of carbonyl (C=O) groups excluding carboxylic acids is 2. The molecule has 0 heterocycles. The van der Waals surface area contributed by atoms with Crippen molar-refractivity contribution >= 4 is 12.0 Å². The highest BCUT2D eigenvalue weighted by atomic mass is 16.5. The first-order valence-electron chi connectivity index (χ1n) is 11.6. The molecule has 0 aromatic heterocycles. The van der Waals surface area contributed by atoms with Gasteiger partial charge in [-0.25, -0.2) is 4.79 Å². The van der Waals surface area contributed by atoms with E-state index in [-0.39, 0.29) is 36.8 Å². The number of hydrogen-bond donors (Lipinski definition) is 3. The van der Waals surface area contributed by atoms with Crippen LogP contribution in [0.15, 0.2) is 36.4 Å². The first kappa shape index (κ1) is 27.0. The summed E-state index contributed by atoms with van der Waals surface area (Å²) in [5.74, 6) is 0.126. The van der Waals surface area contributed by atoms with E-state index in [0.717, 1.165) is 18.4 Å². The van der Waals surface area contributed by atoms with Gasteiger partial charge in [-0.3, -0.25) is 4.79 Å². The highest BCUT2D eigenvalue weighted by Crippen LogP contribution is 2.26. The lowest BCUT2D eigenvalue weighted by atomic mass is 9.96. The molecular weight excluding hydrogens is 432 g/mol. The lowest BCUT2D eigenvalue weighted by molar-refractivity contribution is -0.154. The van der Waals surface area contributed by atoms with Crippen molar-refractivity contribution in [1.82, 2.24) is 10.6 Å². The fourth-order valence-corrected chi connectivity index (χ4v) is 3.30. The molecule has 3 N–H and O–H groups in total. The van der Waals surface area contributed by atoms with E-state index in [0.29, 0.717) is 12.3 Å². The maximum Gasteiger partial charge on any atom is 0.315 e. The van der Waals surface area contributed by atoms with Crippen molar-refractivity contribution in [2.75, 3.05) is 20.3 Å². The Kier molecular flexibility index (Phi) is 9.78. The zero-order chi connectivity index (χ0) is 25.3. The van der Waals surface area contributed by atoms with Crippen molar-refractivity contribution in [1.29, 1.82) is 0 Å². The second-order valence-corrected chi connectivity index (χ2v) is 9.74. The minimum Gasteiger partial charge on any atom is -0.504 e. The van der Waals surface area contributed by atoms with Crippen LogP contribution in [0.2, 0.25) is 0 Å². The second-order valence-electron chi connectivity index (χ2n) is 9.74. The third-order valence-corrected chi connectivity index (χ3v) is 5.72. The molecule has 0 aliphatic rings. The molecule has 1 unspecified atom stereocenters. The molecule has 1 atom stereocenters. The van der Waals surface area contributed by atoms with Gasteiger partial charge in [-0.15, -0.1) is 0 Å². The molecule has 186 valence electrons. The summed E-state index contributed by atoms with van der Waals surface area (Å²) in [5.41, 5.74) is 3.95. The zero-order valence-corrected chi connectivity index (χ0v) is 21.2. The molecule has 34 heavy (non-hydrogen) atoms. The highest BCUT2D eigenvalue weighted by Gasteiger charge is 2.24. The van der Waals surface area contributed by atoms with E-state index in [9.17, 15) is 14.7 Å². The van der Waals surface area contributed by atoms with Crippen LogP contribution in [0, 0.1) is 25.2 Å². The van der Waals surface area contributed by atoms with E-state index in [1.54, 1.807) is 12.1 Å². The molecule has 0 saturated carbocycles. The molecule has 0 spiro atoms. The van der Waals surface area contributed by atoms with Crippen LogP contribution in [0.5, 0.6) is 11.5 Å². The average Bonchev–Trinajstić information content (AvgIpc) is 2.79. The number of hydrogen-bond acceptors (Lipinski definition) is 5. The summed E-state index contributed by atoms with van der Waals surface area (Å²) in [5, 5.41) is 15.4. The number of aryl methyl sites for hydroxylation is 3. The fourth-order valence-electron chi connectivity index (χ4n) is 3.30. The van der Waals surface area contributed by atoms with Crippen LogP contribution >= 0.6 is 0 Å². The zero-order valence-electron chi connectivity index (χ0n) is 21.2. The van der Waals surface area contributed by atoms with Gasteiger partial charge in [0, 0.05) is 19.0 Å². The predicted octanol–water partition coefficient (Wildman–Crippen LogP) is 4.66. The molecule has 0 aliphatic carbocycles. The Hall–Kier alpha value is -3.22. The van der Waals surface area contributed by atoms with Crippen LogP contribution in [-0.2, 0) is 22.5 Å². The molecule has 2 aromatic carbocycles. The van der Waals surface area contributed by atoms with Gasteiger partial charge in [-0.1, -0.05) is 24.3 Å². The van der Waals surface area contributed by atoms with Crippen LogP contribution in [0.4, 0.5) is 4.79 Å². The van der Waals surface area contributed by atoms with E-state index < -0.39 is 5.41 Å². The standard InChI is InChI=1S/C27H38N2O5/c1-18-7-8-20(13-19(18)2)9-10-22(17-34-25(31)27(3,4)5)16-29-26(32)28-15-21-11-12-23(30)24(14-21)33-6/h7-8,11-14,22,30H,9-10,15-17H2,1-6H3,(H2,28,29,32). The fraction of sp³-hybridized carbons (Fsp3) is 0.481. The van der Waals surface area contributed by atoms with Crippen LogP contribution in [0.25, 0.3) is 0 Å². The quantitative estimate of drug-likeness (QED) is 0.439. The van der Waals surface area contributed by atoms with Crippen LogP contribution in [0.1, 0.15) is 49.4 Å². The summed E-state index contributed by atoms with van der Waals surface area (Å²) in [6, 6.07) is 11.0. The number of urea groups is 1. The topological polar surface area (TPSA) is 96.9 Å². The minimum atomic E-state index is -0.575. The van der Waals surface area contributed by atoms with E-state index in [1.807, 2.05) is 20.8 Å². The number of benzene rings is 2. The summed E-state index contributed by atoms with van der Waals surface area (Å²) in [6.45, 7) is 10.6. The van der Waals surface area contributed by atoms with E-state index in [2.05, 4.69) is 42.7 Å². The number of esters is 1. The summed E-state index contributed by atoms with van der Waals surface area (Å²) >= 11 is 0.